The van der Waals surface area contributed by atoms with Gasteiger partial charge in [-0.1, -0.05) is 17.3 Å². The van der Waals surface area contributed by atoms with E-state index in [0.29, 0.717) is 17.9 Å². The first-order valence-electron chi connectivity index (χ1n) is 6.07. The zero-order chi connectivity index (χ0) is 13.9. The third-order valence-corrected chi connectivity index (χ3v) is 3.00. The predicted molar refractivity (Wildman–Crippen MR) is 70.5 cm³/mol. The Bertz CT molecular complexity index is 767. The lowest BCUT2D eigenvalue weighted by Crippen LogP contribution is -2.04. The lowest BCUT2D eigenvalue weighted by Gasteiger charge is -2.06. The Hall–Kier alpha value is -2.94. The normalized spacial score (nSPS) is 10.4. The standard InChI is InChI=1S/C14H11N5O/c1-10-16-17-14(12-4-2-3-11(7-12)8-15)19(10)9-13-5-6-20-18-13/h2-7H,9H2,1H3. The molecule has 2 aromatic heterocycles. The van der Waals surface area contributed by atoms with E-state index >= 15 is 0 Å². The molecule has 6 nitrogen and oxygen atoms in total. The summed E-state index contributed by atoms with van der Waals surface area (Å²) in [5, 5.41) is 21.2. The van der Waals surface area contributed by atoms with Crippen molar-refractivity contribution >= 4 is 0 Å². The molecule has 0 saturated heterocycles. The minimum absolute atomic E-state index is 0.529. The maximum Gasteiger partial charge on any atom is 0.164 e. The molecule has 0 fully saturated rings. The minimum Gasteiger partial charge on any atom is -0.364 e. The summed E-state index contributed by atoms with van der Waals surface area (Å²) in [4.78, 5) is 0. The van der Waals surface area contributed by atoms with Crippen molar-refractivity contribution in [3.8, 4) is 17.5 Å². The monoisotopic (exact) mass is 265 g/mol. The highest BCUT2D eigenvalue weighted by Gasteiger charge is 2.13. The summed E-state index contributed by atoms with van der Waals surface area (Å²) in [5.74, 6) is 1.49. The Balaban J connectivity index is 2.04. The summed E-state index contributed by atoms with van der Waals surface area (Å²) in [6.45, 7) is 2.41. The predicted octanol–water partition coefficient (Wildman–Crippen LogP) is 2.16. The van der Waals surface area contributed by atoms with Crippen molar-refractivity contribution in [3.05, 3.63) is 53.7 Å². The number of nitriles is 1. The van der Waals surface area contributed by atoms with Crippen LogP contribution in [0.3, 0.4) is 0 Å². The van der Waals surface area contributed by atoms with E-state index in [-0.39, 0.29) is 0 Å². The molecule has 0 unspecified atom stereocenters. The fraction of sp³-hybridized carbons (Fsp3) is 0.143. The molecule has 0 saturated carbocycles. The van der Waals surface area contributed by atoms with E-state index in [9.17, 15) is 0 Å². The Morgan fingerprint density at radius 1 is 1.30 bits per heavy atom. The van der Waals surface area contributed by atoms with Crippen LogP contribution in [0.1, 0.15) is 17.1 Å². The molecule has 0 aliphatic rings. The van der Waals surface area contributed by atoms with Gasteiger partial charge >= 0.3 is 0 Å². The Kier molecular flexibility index (Phi) is 3.01. The van der Waals surface area contributed by atoms with Crippen molar-refractivity contribution < 1.29 is 4.52 Å². The second-order valence-electron chi connectivity index (χ2n) is 4.34. The van der Waals surface area contributed by atoms with Gasteiger partial charge < -0.3 is 9.09 Å². The molecule has 0 radical (unpaired) electrons. The van der Waals surface area contributed by atoms with Crippen LogP contribution in [0.2, 0.25) is 0 Å². The summed E-state index contributed by atoms with van der Waals surface area (Å²) in [5.41, 5.74) is 2.25. The third-order valence-electron chi connectivity index (χ3n) is 3.00. The minimum atomic E-state index is 0.529. The van der Waals surface area contributed by atoms with E-state index in [1.165, 1.54) is 6.26 Å². The molecule has 0 aliphatic carbocycles. The third kappa shape index (κ3) is 2.17. The lowest BCUT2D eigenvalue weighted by atomic mass is 10.1. The van der Waals surface area contributed by atoms with Crippen LogP contribution < -0.4 is 0 Å². The molecular formula is C14H11N5O. The molecule has 0 atom stereocenters. The summed E-state index contributed by atoms with van der Waals surface area (Å²) in [6.07, 6.45) is 1.53. The van der Waals surface area contributed by atoms with Crippen LogP contribution in [0.15, 0.2) is 41.1 Å². The van der Waals surface area contributed by atoms with Gasteiger partial charge in [-0.2, -0.15) is 5.26 Å². The van der Waals surface area contributed by atoms with E-state index in [4.69, 9.17) is 9.78 Å². The Labute approximate surface area is 115 Å². The van der Waals surface area contributed by atoms with Crippen LogP contribution in [0, 0.1) is 18.3 Å². The number of nitrogens with zero attached hydrogens (tertiary/aromatic N) is 5. The number of hydrogen-bond donors (Lipinski definition) is 0. The largest absolute Gasteiger partial charge is 0.364 e. The topological polar surface area (TPSA) is 80.5 Å². The lowest BCUT2D eigenvalue weighted by molar-refractivity contribution is 0.409. The number of hydrogen-bond acceptors (Lipinski definition) is 5. The second-order valence-corrected chi connectivity index (χ2v) is 4.34. The molecule has 0 amide bonds. The Morgan fingerprint density at radius 3 is 2.95 bits per heavy atom. The van der Waals surface area contributed by atoms with Gasteiger partial charge in [0.25, 0.3) is 0 Å². The van der Waals surface area contributed by atoms with E-state index in [1.54, 1.807) is 18.2 Å². The van der Waals surface area contributed by atoms with Crippen molar-refractivity contribution in [1.29, 1.82) is 5.26 Å². The molecule has 0 spiro atoms. The van der Waals surface area contributed by atoms with E-state index in [0.717, 1.165) is 17.1 Å². The second kappa shape index (κ2) is 4.97. The highest BCUT2D eigenvalue weighted by molar-refractivity contribution is 5.58. The van der Waals surface area contributed by atoms with Gasteiger partial charge in [0.2, 0.25) is 0 Å². The zero-order valence-corrected chi connectivity index (χ0v) is 10.8. The maximum atomic E-state index is 8.98. The van der Waals surface area contributed by atoms with E-state index in [2.05, 4.69) is 21.4 Å². The molecule has 0 aliphatic heterocycles. The molecule has 3 rings (SSSR count). The number of rotatable bonds is 3. The number of benzene rings is 1. The van der Waals surface area contributed by atoms with Gasteiger partial charge in [-0.3, -0.25) is 0 Å². The number of aryl methyl sites for hydroxylation is 1. The average molecular weight is 265 g/mol. The van der Waals surface area contributed by atoms with Gasteiger partial charge in [-0.15, -0.1) is 10.2 Å². The van der Waals surface area contributed by atoms with Gasteiger partial charge in [-0.05, 0) is 19.1 Å². The average Bonchev–Trinajstić information content (AvgIpc) is 3.11. The number of aromatic nitrogens is 4. The molecule has 6 heteroatoms. The van der Waals surface area contributed by atoms with Gasteiger partial charge in [0.1, 0.15) is 17.8 Å². The summed E-state index contributed by atoms with van der Waals surface area (Å²) in [7, 11) is 0. The van der Waals surface area contributed by atoms with Crippen molar-refractivity contribution in [2.75, 3.05) is 0 Å². The molecule has 1 aromatic carbocycles. The first-order valence-corrected chi connectivity index (χ1v) is 6.07. The van der Waals surface area contributed by atoms with Gasteiger partial charge in [0.05, 0.1) is 18.2 Å². The fourth-order valence-electron chi connectivity index (χ4n) is 1.99. The van der Waals surface area contributed by atoms with Gasteiger partial charge in [0.15, 0.2) is 5.82 Å². The zero-order valence-electron chi connectivity index (χ0n) is 10.8. The summed E-state index contributed by atoms with van der Waals surface area (Å²) in [6, 6.07) is 11.2. The molecule has 2 heterocycles. The maximum absolute atomic E-state index is 8.98. The highest BCUT2D eigenvalue weighted by atomic mass is 16.5. The first kappa shape index (κ1) is 12.1. The van der Waals surface area contributed by atoms with Crippen molar-refractivity contribution in [3.63, 3.8) is 0 Å². The van der Waals surface area contributed by atoms with Crippen molar-refractivity contribution in [2.24, 2.45) is 0 Å². The van der Waals surface area contributed by atoms with Crippen molar-refractivity contribution in [2.45, 2.75) is 13.5 Å². The van der Waals surface area contributed by atoms with Crippen LogP contribution in [-0.4, -0.2) is 19.9 Å². The molecule has 20 heavy (non-hydrogen) atoms. The smallest absolute Gasteiger partial charge is 0.164 e. The van der Waals surface area contributed by atoms with Gasteiger partial charge in [0, 0.05) is 11.6 Å². The van der Waals surface area contributed by atoms with Gasteiger partial charge in [-0.25, -0.2) is 0 Å². The van der Waals surface area contributed by atoms with E-state index < -0.39 is 0 Å². The molecular weight excluding hydrogens is 254 g/mol. The van der Waals surface area contributed by atoms with Crippen LogP contribution in [-0.2, 0) is 6.54 Å². The highest BCUT2D eigenvalue weighted by Crippen LogP contribution is 2.20. The molecule has 3 aromatic rings. The molecule has 0 N–H and O–H groups in total. The molecule has 0 bridgehead atoms. The first-order chi connectivity index (χ1) is 9.78. The fourth-order valence-corrected chi connectivity index (χ4v) is 1.99. The SMILES string of the molecule is Cc1nnc(-c2cccc(C#N)c2)n1Cc1ccon1. The Morgan fingerprint density at radius 2 is 2.20 bits per heavy atom. The van der Waals surface area contributed by atoms with E-state index in [1.807, 2.05) is 23.6 Å². The summed E-state index contributed by atoms with van der Waals surface area (Å²) < 4.78 is 6.78. The van der Waals surface area contributed by atoms with Crippen LogP contribution in [0.5, 0.6) is 0 Å². The van der Waals surface area contributed by atoms with Crippen LogP contribution >= 0.6 is 0 Å². The quantitative estimate of drug-likeness (QED) is 0.724. The van der Waals surface area contributed by atoms with Crippen molar-refractivity contribution in [1.82, 2.24) is 19.9 Å². The van der Waals surface area contributed by atoms with Crippen LogP contribution in [0.25, 0.3) is 11.4 Å². The summed E-state index contributed by atoms with van der Waals surface area (Å²) >= 11 is 0. The van der Waals surface area contributed by atoms with Crippen LogP contribution in [0.4, 0.5) is 0 Å². The molecule has 98 valence electrons.